The van der Waals surface area contributed by atoms with Gasteiger partial charge in [0, 0.05) is 17.5 Å². The van der Waals surface area contributed by atoms with Crippen LogP contribution in [0.5, 0.6) is 5.75 Å². The van der Waals surface area contributed by atoms with Gasteiger partial charge in [0.2, 0.25) is 0 Å². The van der Waals surface area contributed by atoms with Gasteiger partial charge in [-0.05, 0) is 37.6 Å². The number of rotatable bonds is 3. The van der Waals surface area contributed by atoms with Crippen molar-refractivity contribution >= 4 is 17.4 Å². The molecule has 92 valence electrons. The van der Waals surface area contributed by atoms with E-state index in [1.165, 1.54) is 0 Å². The van der Waals surface area contributed by atoms with Crippen LogP contribution in [0.2, 0.25) is 5.02 Å². The molecule has 1 atom stereocenters. The first-order chi connectivity index (χ1) is 8.13. The molecule has 0 aromatic heterocycles. The molecule has 0 radical (unpaired) electrons. The molecule has 1 aliphatic heterocycles. The van der Waals surface area contributed by atoms with Crippen molar-refractivity contribution < 1.29 is 9.53 Å². The van der Waals surface area contributed by atoms with E-state index in [0.29, 0.717) is 16.3 Å². The smallest absolute Gasteiger partial charge is 0.171 e. The summed E-state index contributed by atoms with van der Waals surface area (Å²) in [6, 6.07) is 3.51. The third kappa shape index (κ3) is 2.45. The van der Waals surface area contributed by atoms with Crippen LogP contribution in [-0.4, -0.2) is 26.0 Å². The molecule has 0 saturated carbocycles. The Morgan fingerprint density at radius 1 is 1.53 bits per heavy atom. The lowest BCUT2D eigenvalue weighted by molar-refractivity contribution is 0.0927. The van der Waals surface area contributed by atoms with Crippen molar-refractivity contribution in [1.82, 2.24) is 5.32 Å². The first kappa shape index (κ1) is 12.4. The summed E-state index contributed by atoms with van der Waals surface area (Å²) < 4.78 is 5.31. The van der Waals surface area contributed by atoms with E-state index in [2.05, 4.69) is 5.32 Å². The van der Waals surface area contributed by atoms with E-state index in [-0.39, 0.29) is 11.7 Å². The molecule has 1 aromatic rings. The molecule has 1 fully saturated rings. The molecule has 1 N–H and O–H groups in total. The van der Waals surface area contributed by atoms with Crippen LogP contribution in [0.25, 0.3) is 0 Å². The molecule has 0 aliphatic carbocycles. The van der Waals surface area contributed by atoms with Crippen molar-refractivity contribution in [2.45, 2.75) is 13.3 Å². The molecule has 0 amide bonds. The maximum atomic E-state index is 12.4. The first-order valence-electron chi connectivity index (χ1n) is 5.72. The number of Topliss-reactive ketones (excluding diaryl/α,β-unsaturated/α-hetero) is 1. The van der Waals surface area contributed by atoms with Crippen molar-refractivity contribution in [1.29, 1.82) is 0 Å². The van der Waals surface area contributed by atoms with Crippen LogP contribution < -0.4 is 10.1 Å². The van der Waals surface area contributed by atoms with Crippen LogP contribution in [0.3, 0.4) is 0 Å². The van der Waals surface area contributed by atoms with Gasteiger partial charge in [-0.3, -0.25) is 4.79 Å². The Balaban J connectivity index is 2.39. The summed E-state index contributed by atoms with van der Waals surface area (Å²) in [6.45, 7) is 3.54. The van der Waals surface area contributed by atoms with Gasteiger partial charge in [-0.25, -0.2) is 0 Å². The third-order valence-corrected chi connectivity index (χ3v) is 3.36. The van der Waals surface area contributed by atoms with Gasteiger partial charge in [0.25, 0.3) is 0 Å². The summed E-state index contributed by atoms with van der Waals surface area (Å²) in [5.74, 6) is 0.811. The first-order valence-corrected chi connectivity index (χ1v) is 6.10. The second kappa shape index (κ2) is 5.07. The van der Waals surface area contributed by atoms with Crippen LogP contribution in [-0.2, 0) is 0 Å². The highest BCUT2D eigenvalue weighted by atomic mass is 35.5. The SMILES string of the molecule is COc1c(C)cc(Cl)cc1C(=O)C1CCNC1. The fourth-order valence-electron chi connectivity index (χ4n) is 2.28. The molecule has 1 saturated heterocycles. The maximum Gasteiger partial charge on any atom is 0.171 e. The van der Waals surface area contributed by atoms with Crippen LogP contribution >= 0.6 is 11.6 Å². The molecular weight excluding hydrogens is 238 g/mol. The minimum absolute atomic E-state index is 0.0433. The number of benzene rings is 1. The minimum atomic E-state index is 0.0433. The van der Waals surface area contributed by atoms with E-state index in [9.17, 15) is 4.79 Å². The molecule has 1 aromatic carbocycles. The minimum Gasteiger partial charge on any atom is -0.496 e. The molecule has 4 heteroatoms. The molecule has 2 rings (SSSR count). The number of aryl methyl sites for hydroxylation is 1. The quantitative estimate of drug-likeness (QED) is 0.841. The zero-order chi connectivity index (χ0) is 12.4. The Morgan fingerprint density at radius 2 is 2.29 bits per heavy atom. The van der Waals surface area contributed by atoms with Gasteiger partial charge in [-0.15, -0.1) is 0 Å². The number of hydrogen-bond acceptors (Lipinski definition) is 3. The number of ketones is 1. The van der Waals surface area contributed by atoms with E-state index in [1.54, 1.807) is 13.2 Å². The number of methoxy groups -OCH3 is 1. The molecule has 0 spiro atoms. The fourth-order valence-corrected chi connectivity index (χ4v) is 2.55. The Kier molecular flexibility index (Phi) is 3.69. The van der Waals surface area contributed by atoms with E-state index in [4.69, 9.17) is 16.3 Å². The summed E-state index contributed by atoms with van der Waals surface area (Å²) in [7, 11) is 1.58. The zero-order valence-electron chi connectivity index (χ0n) is 10.0. The van der Waals surface area contributed by atoms with E-state index in [1.807, 2.05) is 13.0 Å². The van der Waals surface area contributed by atoms with E-state index < -0.39 is 0 Å². The second-order valence-corrected chi connectivity index (χ2v) is 4.79. The largest absolute Gasteiger partial charge is 0.496 e. The maximum absolute atomic E-state index is 12.4. The Morgan fingerprint density at radius 3 is 2.88 bits per heavy atom. The molecule has 0 bridgehead atoms. The predicted molar refractivity (Wildman–Crippen MR) is 68.0 cm³/mol. The molecule has 1 unspecified atom stereocenters. The van der Waals surface area contributed by atoms with E-state index in [0.717, 1.165) is 25.1 Å². The van der Waals surface area contributed by atoms with Gasteiger partial charge in [-0.1, -0.05) is 11.6 Å². The topological polar surface area (TPSA) is 38.3 Å². The van der Waals surface area contributed by atoms with Gasteiger partial charge in [0.05, 0.1) is 12.7 Å². The van der Waals surface area contributed by atoms with Crippen molar-refractivity contribution in [3.05, 3.63) is 28.3 Å². The molecule has 1 heterocycles. The molecule has 17 heavy (non-hydrogen) atoms. The van der Waals surface area contributed by atoms with Gasteiger partial charge in [-0.2, -0.15) is 0 Å². The summed E-state index contributed by atoms with van der Waals surface area (Å²) in [4.78, 5) is 12.4. The highest BCUT2D eigenvalue weighted by Crippen LogP contribution is 2.30. The zero-order valence-corrected chi connectivity index (χ0v) is 10.8. The lowest BCUT2D eigenvalue weighted by Crippen LogP contribution is -2.18. The number of halogens is 1. The van der Waals surface area contributed by atoms with Gasteiger partial charge in [0.15, 0.2) is 5.78 Å². The molecule has 3 nitrogen and oxygen atoms in total. The lowest BCUT2D eigenvalue weighted by Gasteiger charge is -2.14. The van der Waals surface area contributed by atoms with Crippen LogP contribution in [0, 0.1) is 12.8 Å². The van der Waals surface area contributed by atoms with Crippen molar-refractivity contribution in [2.75, 3.05) is 20.2 Å². The van der Waals surface area contributed by atoms with Gasteiger partial charge < -0.3 is 10.1 Å². The van der Waals surface area contributed by atoms with Crippen molar-refractivity contribution in [3.8, 4) is 5.75 Å². The number of hydrogen-bond donors (Lipinski definition) is 1. The number of carbonyl (C=O) groups is 1. The summed E-state index contributed by atoms with van der Waals surface area (Å²) in [5, 5.41) is 3.78. The van der Waals surface area contributed by atoms with Crippen LogP contribution in [0.1, 0.15) is 22.3 Å². The Hall–Kier alpha value is -1.06. The number of nitrogens with one attached hydrogen (secondary N) is 1. The number of carbonyl (C=O) groups excluding carboxylic acids is 1. The summed E-state index contributed by atoms with van der Waals surface area (Å²) in [5.41, 5.74) is 1.50. The van der Waals surface area contributed by atoms with E-state index >= 15 is 0 Å². The monoisotopic (exact) mass is 253 g/mol. The van der Waals surface area contributed by atoms with Gasteiger partial charge in [0.1, 0.15) is 5.75 Å². The molecular formula is C13H16ClNO2. The average Bonchev–Trinajstić information content (AvgIpc) is 2.80. The van der Waals surface area contributed by atoms with Gasteiger partial charge >= 0.3 is 0 Å². The highest BCUT2D eigenvalue weighted by molar-refractivity contribution is 6.31. The Bertz CT molecular complexity index is 439. The summed E-state index contributed by atoms with van der Waals surface area (Å²) in [6.07, 6.45) is 0.882. The number of ether oxygens (including phenoxy) is 1. The van der Waals surface area contributed by atoms with Crippen molar-refractivity contribution in [3.63, 3.8) is 0 Å². The lowest BCUT2D eigenvalue weighted by atomic mass is 9.95. The Labute approximate surface area is 106 Å². The predicted octanol–water partition coefficient (Wildman–Crippen LogP) is 2.45. The highest BCUT2D eigenvalue weighted by Gasteiger charge is 2.26. The van der Waals surface area contributed by atoms with Crippen LogP contribution in [0.4, 0.5) is 0 Å². The third-order valence-electron chi connectivity index (χ3n) is 3.14. The molecule has 1 aliphatic rings. The summed E-state index contributed by atoms with van der Waals surface area (Å²) >= 11 is 6.01. The van der Waals surface area contributed by atoms with Crippen molar-refractivity contribution in [2.24, 2.45) is 5.92 Å². The normalized spacial score (nSPS) is 19.4. The average molecular weight is 254 g/mol. The second-order valence-electron chi connectivity index (χ2n) is 4.36. The van der Waals surface area contributed by atoms with Crippen LogP contribution in [0.15, 0.2) is 12.1 Å². The fraction of sp³-hybridized carbons (Fsp3) is 0.462. The standard InChI is InChI=1S/C13H16ClNO2/c1-8-5-10(14)6-11(13(8)17-2)12(16)9-3-4-15-7-9/h5-6,9,15H,3-4,7H2,1-2H3.